The predicted octanol–water partition coefficient (Wildman–Crippen LogP) is 1.68. The van der Waals surface area contributed by atoms with Crippen LogP contribution in [0.15, 0.2) is 42.7 Å². The number of likely N-dealkylation sites (N-methyl/N-ethyl adjacent to an activating group) is 1. The molecule has 108 valence electrons. The molecule has 1 aromatic heterocycles. The summed E-state index contributed by atoms with van der Waals surface area (Å²) in [6.07, 6.45) is 3.76. The third-order valence-electron chi connectivity index (χ3n) is 3.96. The number of nitriles is 1. The first-order chi connectivity index (χ1) is 10.3. The molecule has 1 aliphatic heterocycles. The zero-order valence-electron chi connectivity index (χ0n) is 12.2. The van der Waals surface area contributed by atoms with E-state index in [0.29, 0.717) is 0 Å². The van der Waals surface area contributed by atoms with Crippen LogP contribution in [-0.2, 0) is 0 Å². The maximum absolute atomic E-state index is 9.54. The summed E-state index contributed by atoms with van der Waals surface area (Å²) in [6.45, 7) is 3.85. The van der Waals surface area contributed by atoms with Crippen LogP contribution in [0, 0.1) is 11.3 Å². The van der Waals surface area contributed by atoms with E-state index in [4.69, 9.17) is 0 Å². The third-order valence-corrected chi connectivity index (χ3v) is 3.96. The monoisotopic (exact) mass is 281 g/mol. The molecule has 5 heteroatoms. The molecule has 1 aromatic carbocycles. The SMILES string of the molecule is CN1CCN(C(C#N)c2cnn(-c3ccccc3)c2)CC1. The van der Waals surface area contributed by atoms with Gasteiger partial charge in [-0.05, 0) is 19.2 Å². The van der Waals surface area contributed by atoms with Gasteiger partial charge >= 0.3 is 0 Å². The van der Waals surface area contributed by atoms with E-state index in [0.717, 1.165) is 37.4 Å². The van der Waals surface area contributed by atoms with Crippen molar-refractivity contribution in [3.63, 3.8) is 0 Å². The summed E-state index contributed by atoms with van der Waals surface area (Å²) in [7, 11) is 2.12. The fourth-order valence-electron chi connectivity index (χ4n) is 2.65. The molecular formula is C16H19N5. The lowest BCUT2D eigenvalue weighted by Crippen LogP contribution is -2.45. The van der Waals surface area contributed by atoms with E-state index in [1.165, 1.54) is 0 Å². The van der Waals surface area contributed by atoms with E-state index in [1.54, 1.807) is 6.20 Å². The Kier molecular flexibility index (Phi) is 4.00. The molecule has 1 unspecified atom stereocenters. The zero-order chi connectivity index (χ0) is 14.7. The van der Waals surface area contributed by atoms with Crippen LogP contribution < -0.4 is 0 Å². The summed E-state index contributed by atoms with van der Waals surface area (Å²) >= 11 is 0. The number of rotatable bonds is 3. The van der Waals surface area contributed by atoms with Gasteiger partial charge in [-0.1, -0.05) is 18.2 Å². The standard InChI is InChI=1S/C16H19N5/c1-19-7-9-20(10-8-19)16(11-17)14-12-18-21(13-14)15-5-3-2-4-6-15/h2-6,12-13,16H,7-10H2,1H3. The van der Waals surface area contributed by atoms with Crippen molar-refractivity contribution in [1.82, 2.24) is 19.6 Å². The molecule has 0 N–H and O–H groups in total. The van der Waals surface area contributed by atoms with Gasteiger partial charge in [0.2, 0.25) is 0 Å². The number of hydrogen-bond donors (Lipinski definition) is 0. The Hall–Kier alpha value is -2.16. The molecule has 2 heterocycles. The van der Waals surface area contributed by atoms with Crippen LogP contribution in [0.25, 0.3) is 5.69 Å². The van der Waals surface area contributed by atoms with Crippen molar-refractivity contribution in [3.05, 3.63) is 48.3 Å². The minimum Gasteiger partial charge on any atom is -0.304 e. The van der Waals surface area contributed by atoms with Crippen LogP contribution in [0.1, 0.15) is 11.6 Å². The van der Waals surface area contributed by atoms with Crippen molar-refractivity contribution in [3.8, 4) is 11.8 Å². The highest BCUT2D eigenvalue weighted by molar-refractivity contribution is 5.32. The molecule has 1 aliphatic rings. The Morgan fingerprint density at radius 1 is 1.14 bits per heavy atom. The molecule has 0 radical (unpaired) electrons. The average Bonchev–Trinajstić information content (AvgIpc) is 3.00. The predicted molar refractivity (Wildman–Crippen MR) is 81.0 cm³/mol. The van der Waals surface area contributed by atoms with Gasteiger partial charge in [-0.15, -0.1) is 0 Å². The van der Waals surface area contributed by atoms with E-state index in [9.17, 15) is 5.26 Å². The first kappa shape index (κ1) is 13.8. The molecule has 0 amide bonds. The molecule has 3 rings (SSSR count). The van der Waals surface area contributed by atoms with Gasteiger partial charge in [-0.3, -0.25) is 4.90 Å². The van der Waals surface area contributed by atoms with Crippen molar-refractivity contribution in [2.24, 2.45) is 0 Å². The Labute approximate surface area is 125 Å². The molecule has 0 saturated carbocycles. The van der Waals surface area contributed by atoms with Crippen molar-refractivity contribution in [1.29, 1.82) is 5.26 Å². The van der Waals surface area contributed by atoms with Gasteiger partial charge < -0.3 is 4.90 Å². The Morgan fingerprint density at radius 3 is 2.52 bits per heavy atom. The van der Waals surface area contributed by atoms with Crippen LogP contribution in [0.5, 0.6) is 0 Å². The zero-order valence-corrected chi connectivity index (χ0v) is 12.2. The minimum atomic E-state index is -0.212. The summed E-state index contributed by atoms with van der Waals surface area (Å²) in [5.41, 5.74) is 1.98. The lowest BCUT2D eigenvalue weighted by molar-refractivity contribution is 0.133. The lowest BCUT2D eigenvalue weighted by Gasteiger charge is -2.34. The van der Waals surface area contributed by atoms with Crippen LogP contribution in [-0.4, -0.2) is 52.8 Å². The van der Waals surface area contributed by atoms with E-state index in [-0.39, 0.29) is 6.04 Å². The maximum Gasteiger partial charge on any atom is 0.127 e. The second-order valence-corrected chi connectivity index (χ2v) is 5.42. The lowest BCUT2D eigenvalue weighted by atomic mass is 10.1. The normalized spacial score (nSPS) is 18.3. The highest BCUT2D eigenvalue weighted by Crippen LogP contribution is 2.21. The van der Waals surface area contributed by atoms with Gasteiger partial charge in [0.1, 0.15) is 6.04 Å². The summed E-state index contributed by atoms with van der Waals surface area (Å²) in [5.74, 6) is 0. The van der Waals surface area contributed by atoms with Crippen molar-refractivity contribution >= 4 is 0 Å². The van der Waals surface area contributed by atoms with E-state index in [2.05, 4.69) is 28.0 Å². The van der Waals surface area contributed by atoms with Crippen molar-refractivity contribution in [2.45, 2.75) is 6.04 Å². The quantitative estimate of drug-likeness (QED) is 0.859. The number of piperazine rings is 1. The topological polar surface area (TPSA) is 48.1 Å². The number of nitrogens with zero attached hydrogens (tertiary/aromatic N) is 5. The number of benzene rings is 1. The Morgan fingerprint density at radius 2 is 1.86 bits per heavy atom. The molecule has 21 heavy (non-hydrogen) atoms. The van der Waals surface area contributed by atoms with Gasteiger partial charge in [0.05, 0.1) is 18.0 Å². The number of aromatic nitrogens is 2. The van der Waals surface area contributed by atoms with Crippen LogP contribution in [0.2, 0.25) is 0 Å². The molecule has 1 fully saturated rings. The molecule has 0 spiro atoms. The molecule has 0 aliphatic carbocycles. The second-order valence-electron chi connectivity index (χ2n) is 5.42. The summed E-state index contributed by atoms with van der Waals surface area (Å²) in [4.78, 5) is 4.52. The summed E-state index contributed by atoms with van der Waals surface area (Å²) < 4.78 is 1.83. The number of hydrogen-bond acceptors (Lipinski definition) is 4. The fraction of sp³-hybridized carbons (Fsp3) is 0.375. The molecule has 1 atom stereocenters. The van der Waals surface area contributed by atoms with E-state index in [1.807, 2.05) is 41.2 Å². The highest BCUT2D eigenvalue weighted by atomic mass is 15.3. The Bertz CT molecular complexity index is 620. The van der Waals surface area contributed by atoms with Crippen LogP contribution in [0.4, 0.5) is 0 Å². The highest BCUT2D eigenvalue weighted by Gasteiger charge is 2.24. The van der Waals surface area contributed by atoms with Gasteiger partial charge in [0.15, 0.2) is 0 Å². The molecule has 5 nitrogen and oxygen atoms in total. The molecular weight excluding hydrogens is 262 g/mol. The first-order valence-electron chi connectivity index (χ1n) is 7.20. The van der Waals surface area contributed by atoms with Gasteiger partial charge in [0, 0.05) is 37.9 Å². The van der Waals surface area contributed by atoms with Gasteiger partial charge in [-0.25, -0.2) is 4.68 Å². The fourth-order valence-corrected chi connectivity index (χ4v) is 2.65. The maximum atomic E-state index is 9.54. The average molecular weight is 281 g/mol. The summed E-state index contributed by atoms with van der Waals surface area (Å²) in [5, 5.41) is 13.9. The van der Waals surface area contributed by atoms with Crippen LogP contribution in [0.3, 0.4) is 0 Å². The minimum absolute atomic E-state index is 0.212. The summed E-state index contributed by atoms with van der Waals surface area (Å²) in [6, 6.07) is 12.2. The molecule has 0 bridgehead atoms. The van der Waals surface area contributed by atoms with Crippen molar-refractivity contribution in [2.75, 3.05) is 33.2 Å². The van der Waals surface area contributed by atoms with Gasteiger partial charge in [-0.2, -0.15) is 10.4 Å². The van der Waals surface area contributed by atoms with E-state index >= 15 is 0 Å². The first-order valence-corrected chi connectivity index (χ1v) is 7.20. The Balaban J connectivity index is 1.79. The third kappa shape index (κ3) is 2.97. The largest absolute Gasteiger partial charge is 0.304 e. The van der Waals surface area contributed by atoms with Crippen LogP contribution >= 0.6 is 0 Å². The van der Waals surface area contributed by atoms with Gasteiger partial charge in [0.25, 0.3) is 0 Å². The number of para-hydroxylation sites is 1. The van der Waals surface area contributed by atoms with E-state index < -0.39 is 0 Å². The molecule has 1 saturated heterocycles. The van der Waals surface area contributed by atoms with Crippen molar-refractivity contribution < 1.29 is 0 Å². The smallest absolute Gasteiger partial charge is 0.127 e. The second kappa shape index (κ2) is 6.08. The molecule has 2 aromatic rings.